The number of benzene rings is 2. The van der Waals surface area contributed by atoms with E-state index in [1.165, 1.54) is 11.8 Å². The van der Waals surface area contributed by atoms with E-state index < -0.39 is 0 Å². The fourth-order valence-corrected chi connectivity index (χ4v) is 3.37. The van der Waals surface area contributed by atoms with E-state index in [1.807, 2.05) is 60.1 Å². The van der Waals surface area contributed by atoms with E-state index >= 15 is 0 Å². The first-order valence-corrected chi connectivity index (χ1v) is 10.1. The number of methoxy groups -OCH3 is 1. The van der Waals surface area contributed by atoms with Gasteiger partial charge in [-0.15, -0.1) is 10.2 Å². The number of amides is 1. The molecule has 144 valence electrons. The molecule has 9 heteroatoms. The summed E-state index contributed by atoms with van der Waals surface area (Å²) in [5.41, 5.74) is 4.25. The molecule has 0 spiro atoms. The van der Waals surface area contributed by atoms with Crippen molar-refractivity contribution in [2.24, 2.45) is 12.1 Å². The number of halogens is 1. The maximum Gasteiger partial charge on any atom is 0.250 e. The van der Waals surface area contributed by atoms with Crippen LogP contribution in [-0.4, -0.2) is 39.7 Å². The minimum atomic E-state index is -0.232. The average Bonchev–Trinajstić information content (AvgIpc) is 3.08. The third-order valence-electron chi connectivity index (χ3n) is 3.80. The van der Waals surface area contributed by atoms with E-state index in [0.717, 1.165) is 21.4 Å². The van der Waals surface area contributed by atoms with Crippen LogP contribution < -0.4 is 10.2 Å². The van der Waals surface area contributed by atoms with Crippen LogP contribution in [0, 0.1) is 0 Å². The Balaban J connectivity index is 1.56. The largest absolute Gasteiger partial charge is 0.496 e. The lowest BCUT2D eigenvalue weighted by molar-refractivity contribution is -0.118. The summed E-state index contributed by atoms with van der Waals surface area (Å²) in [6, 6.07) is 15.2. The first-order chi connectivity index (χ1) is 13.6. The molecule has 0 fully saturated rings. The highest BCUT2D eigenvalue weighted by atomic mass is 79.9. The number of hydrogen-bond acceptors (Lipinski definition) is 6. The van der Waals surface area contributed by atoms with Crippen molar-refractivity contribution in [1.82, 2.24) is 20.2 Å². The number of rotatable bonds is 7. The highest BCUT2D eigenvalue weighted by Gasteiger charge is 2.12. The van der Waals surface area contributed by atoms with E-state index in [2.05, 4.69) is 36.7 Å². The van der Waals surface area contributed by atoms with Crippen LogP contribution in [0.15, 0.2) is 63.3 Å². The molecule has 0 bridgehead atoms. The summed E-state index contributed by atoms with van der Waals surface area (Å²) in [5, 5.41) is 13.0. The first kappa shape index (κ1) is 20.1. The minimum absolute atomic E-state index is 0.176. The average molecular weight is 460 g/mol. The molecule has 0 atom stereocenters. The second-order valence-corrected chi connectivity index (χ2v) is 7.55. The van der Waals surface area contributed by atoms with Crippen LogP contribution in [-0.2, 0) is 11.8 Å². The highest BCUT2D eigenvalue weighted by Crippen LogP contribution is 2.23. The molecule has 7 nitrogen and oxygen atoms in total. The molecule has 3 rings (SSSR count). The number of thioether (sulfide) groups is 1. The van der Waals surface area contributed by atoms with Crippen LogP contribution in [0.25, 0.3) is 11.4 Å². The van der Waals surface area contributed by atoms with Crippen molar-refractivity contribution in [3.63, 3.8) is 0 Å². The van der Waals surface area contributed by atoms with E-state index in [1.54, 1.807) is 13.3 Å². The zero-order chi connectivity index (χ0) is 19.9. The monoisotopic (exact) mass is 459 g/mol. The lowest BCUT2D eigenvalue weighted by atomic mass is 10.2. The molecule has 3 aromatic rings. The zero-order valence-corrected chi connectivity index (χ0v) is 17.7. The second kappa shape index (κ2) is 9.52. The quantitative estimate of drug-likeness (QED) is 0.332. The molecule has 0 radical (unpaired) electrons. The van der Waals surface area contributed by atoms with Crippen molar-refractivity contribution in [1.29, 1.82) is 0 Å². The predicted octanol–water partition coefficient (Wildman–Crippen LogP) is 3.50. The number of aromatic nitrogens is 3. The van der Waals surface area contributed by atoms with Gasteiger partial charge >= 0.3 is 0 Å². The summed E-state index contributed by atoms with van der Waals surface area (Å²) in [6.45, 7) is 0. The van der Waals surface area contributed by atoms with Crippen LogP contribution >= 0.6 is 27.7 Å². The van der Waals surface area contributed by atoms with Crippen LogP contribution in [0.1, 0.15) is 5.56 Å². The molecule has 2 aromatic carbocycles. The van der Waals surface area contributed by atoms with E-state index in [-0.39, 0.29) is 11.7 Å². The number of para-hydroxylation sites is 1. The summed E-state index contributed by atoms with van der Waals surface area (Å²) in [7, 11) is 3.46. The smallest absolute Gasteiger partial charge is 0.250 e. The minimum Gasteiger partial charge on any atom is -0.496 e. The van der Waals surface area contributed by atoms with Gasteiger partial charge in [-0.05, 0) is 24.3 Å². The molecule has 0 saturated heterocycles. The summed E-state index contributed by atoms with van der Waals surface area (Å²) >= 11 is 4.71. The number of nitrogens with one attached hydrogen (secondary N) is 1. The fraction of sp³-hybridized carbons (Fsp3) is 0.158. The number of nitrogens with zero attached hydrogens (tertiary/aromatic N) is 4. The molecule has 1 heterocycles. The van der Waals surface area contributed by atoms with Gasteiger partial charge in [0.2, 0.25) is 0 Å². The van der Waals surface area contributed by atoms with Crippen molar-refractivity contribution >= 4 is 39.8 Å². The SMILES string of the molecule is COc1ccccc1C=NNC(=O)CSc1nnc(-c2ccc(Br)cc2)n1C. The van der Waals surface area contributed by atoms with E-state index in [9.17, 15) is 4.79 Å². The maximum atomic E-state index is 12.0. The Morgan fingerprint density at radius 3 is 2.75 bits per heavy atom. The Morgan fingerprint density at radius 2 is 2.00 bits per heavy atom. The van der Waals surface area contributed by atoms with Crippen molar-refractivity contribution in [3.8, 4) is 17.1 Å². The molecule has 0 aliphatic heterocycles. The number of hydrogen-bond donors (Lipinski definition) is 1. The highest BCUT2D eigenvalue weighted by molar-refractivity contribution is 9.10. The van der Waals surface area contributed by atoms with Crippen LogP contribution in [0.2, 0.25) is 0 Å². The molecule has 0 unspecified atom stereocenters. The summed E-state index contributed by atoms with van der Waals surface area (Å²) in [6.07, 6.45) is 1.55. The number of ether oxygens (including phenoxy) is 1. The van der Waals surface area contributed by atoms with Gasteiger partial charge in [0.1, 0.15) is 5.75 Å². The van der Waals surface area contributed by atoms with Gasteiger partial charge < -0.3 is 9.30 Å². The predicted molar refractivity (Wildman–Crippen MR) is 114 cm³/mol. The first-order valence-electron chi connectivity index (χ1n) is 8.31. The van der Waals surface area contributed by atoms with Gasteiger partial charge in [0.25, 0.3) is 5.91 Å². The molecule has 0 aliphatic rings. The summed E-state index contributed by atoms with van der Waals surface area (Å²) in [4.78, 5) is 12.0. The third kappa shape index (κ3) is 4.99. The number of hydrazone groups is 1. The fourth-order valence-electron chi connectivity index (χ4n) is 2.40. The van der Waals surface area contributed by atoms with Gasteiger partial charge in [-0.25, -0.2) is 5.43 Å². The molecule has 1 aromatic heterocycles. The van der Waals surface area contributed by atoms with E-state index in [4.69, 9.17) is 4.74 Å². The molecule has 1 amide bonds. The lowest BCUT2D eigenvalue weighted by Crippen LogP contribution is -2.20. The zero-order valence-electron chi connectivity index (χ0n) is 15.3. The van der Waals surface area contributed by atoms with Crippen molar-refractivity contribution in [3.05, 3.63) is 58.6 Å². The van der Waals surface area contributed by atoms with Gasteiger partial charge in [0, 0.05) is 22.6 Å². The third-order valence-corrected chi connectivity index (χ3v) is 5.35. The van der Waals surface area contributed by atoms with Gasteiger partial charge in [-0.2, -0.15) is 5.10 Å². The van der Waals surface area contributed by atoms with Crippen LogP contribution in [0.5, 0.6) is 5.75 Å². The standard InChI is InChI=1S/C19H18BrN5O2S/c1-25-18(13-7-9-15(20)10-8-13)23-24-19(25)28-12-17(26)22-21-11-14-5-3-4-6-16(14)27-2/h3-11H,12H2,1-2H3,(H,22,26). The molecule has 0 aliphatic carbocycles. The van der Waals surface area contributed by atoms with Crippen molar-refractivity contribution in [2.75, 3.05) is 12.9 Å². The van der Waals surface area contributed by atoms with E-state index in [0.29, 0.717) is 10.9 Å². The Morgan fingerprint density at radius 1 is 1.25 bits per heavy atom. The number of carbonyl (C=O) groups is 1. The molecule has 28 heavy (non-hydrogen) atoms. The topological polar surface area (TPSA) is 81.4 Å². The van der Waals surface area contributed by atoms with Crippen LogP contribution in [0.4, 0.5) is 0 Å². The Kier molecular flexibility index (Phi) is 6.83. The normalized spacial score (nSPS) is 11.0. The Labute approximate surface area is 175 Å². The Hall–Kier alpha value is -2.65. The maximum absolute atomic E-state index is 12.0. The van der Waals surface area contributed by atoms with Crippen LogP contribution in [0.3, 0.4) is 0 Å². The molecule has 1 N–H and O–H groups in total. The van der Waals surface area contributed by atoms with Gasteiger partial charge in [-0.1, -0.05) is 52.0 Å². The van der Waals surface area contributed by atoms with Gasteiger partial charge in [-0.3, -0.25) is 4.79 Å². The summed E-state index contributed by atoms with van der Waals surface area (Å²) < 4.78 is 8.10. The van der Waals surface area contributed by atoms with Crippen molar-refractivity contribution in [2.45, 2.75) is 5.16 Å². The van der Waals surface area contributed by atoms with Gasteiger partial charge in [0.05, 0.1) is 19.1 Å². The molecular weight excluding hydrogens is 442 g/mol. The number of carbonyl (C=O) groups excluding carboxylic acids is 1. The molecule has 0 saturated carbocycles. The second-order valence-electron chi connectivity index (χ2n) is 5.70. The molecular formula is C19H18BrN5O2S. The Bertz CT molecular complexity index is 988. The summed E-state index contributed by atoms with van der Waals surface area (Å²) in [5.74, 6) is 1.37. The van der Waals surface area contributed by atoms with Crippen molar-refractivity contribution < 1.29 is 9.53 Å². The van der Waals surface area contributed by atoms with Gasteiger partial charge in [0.15, 0.2) is 11.0 Å². The lowest BCUT2D eigenvalue weighted by Gasteiger charge is -2.04.